The molecule has 0 unspecified atom stereocenters. The molecule has 0 fully saturated rings. The van der Waals surface area contributed by atoms with Crippen molar-refractivity contribution in [3.05, 3.63) is 47.2 Å². The Morgan fingerprint density at radius 1 is 1.31 bits per heavy atom. The van der Waals surface area contributed by atoms with Crippen molar-refractivity contribution in [3.8, 4) is 0 Å². The molecule has 5 heteroatoms. The van der Waals surface area contributed by atoms with Crippen molar-refractivity contribution in [3.63, 3.8) is 0 Å². The minimum Gasteiger partial charge on any atom is -0.343 e. The highest BCUT2D eigenvalue weighted by molar-refractivity contribution is 9.10. The van der Waals surface area contributed by atoms with Crippen molar-refractivity contribution in [2.75, 3.05) is 0 Å². The molecule has 0 radical (unpaired) electrons. The molecule has 4 nitrogen and oxygen atoms in total. The maximum absolute atomic E-state index is 4.71. The Balaban J connectivity index is 2.04. The molecule has 0 saturated carbocycles. The Bertz CT molecular complexity index is 615. The van der Waals surface area contributed by atoms with E-state index in [4.69, 9.17) is 4.52 Å². The first-order valence-electron chi connectivity index (χ1n) is 4.82. The van der Waals surface area contributed by atoms with Gasteiger partial charge in [0.2, 0.25) is 6.39 Å². The Hall–Kier alpha value is -1.62. The summed E-state index contributed by atoms with van der Waals surface area (Å²) >= 11 is 3.45. The van der Waals surface area contributed by atoms with Crippen LogP contribution < -0.4 is 0 Å². The zero-order valence-electron chi connectivity index (χ0n) is 8.30. The van der Waals surface area contributed by atoms with Gasteiger partial charge in [0.25, 0.3) is 0 Å². The summed E-state index contributed by atoms with van der Waals surface area (Å²) in [5, 5.41) is 4.99. The van der Waals surface area contributed by atoms with Gasteiger partial charge >= 0.3 is 0 Å². The van der Waals surface area contributed by atoms with Crippen molar-refractivity contribution in [1.82, 2.24) is 14.7 Å². The Morgan fingerprint density at radius 2 is 2.25 bits per heavy atom. The lowest BCUT2D eigenvalue weighted by atomic mass is 10.2. The fraction of sp³-hybridized carbons (Fsp3) is 0.0909. The molecule has 0 bridgehead atoms. The minimum atomic E-state index is 0.627. The van der Waals surface area contributed by atoms with Crippen LogP contribution >= 0.6 is 15.9 Å². The van der Waals surface area contributed by atoms with Gasteiger partial charge in [0.05, 0.1) is 6.54 Å². The summed E-state index contributed by atoms with van der Waals surface area (Å²) in [5.41, 5.74) is 1.16. The molecular formula is C11H8BrN3O. The second kappa shape index (κ2) is 3.75. The molecule has 1 aromatic carbocycles. The summed E-state index contributed by atoms with van der Waals surface area (Å²) in [6.07, 6.45) is 3.37. The molecule has 0 saturated heterocycles. The van der Waals surface area contributed by atoms with Crippen LogP contribution in [0.4, 0.5) is 0 Å². The molecule has 0 amide bonds. The molecular weight excluding hydrogens is 270 g/mol. The average molecular weight is 278 g/mol. The lowest BCUT2D eigenvalue weighted by Gasteiger charge is -2.01. The van der Waals surface area contributed by atoms with Crippen molar-refractivity contribution >= 4 is 26.8 Å². The summed E-state index contributed by atoms with van der Waals surface area (Å²) < 4.78 is 7.88. The minimum absolute atomic E-state index is 0.627. The Morgan fingerprint density at radius 3 is 3.06 bits per heavy atom. The van der Waals surface area contributed by atoms with Crippen LogP contribution in [-0.2, 0) is 6.54 Å². The lowest BCUT2D eigenvalue weighted by molar-refractivity contribution is 0.408. The Kier molecular flexibility index (Phi) is 2.25. The molecule has 2 aromatic heterocycles. The van der Waals surface area contributed by atoms with Crippen LogP contribution in [0.3, 0.4) is 0 Å². The highest BCUT2D eigenvalue weighted by Gasteiger charge is 2.04. The number of fused-ring (bicyclic) bond motifs is 1. The third-order valence-electron chi connectivity index (χ3n) is 2.45. The van der Waals surface area contributed by atoms with Crippen LogP contribution in [0.2, 0.25) is 0 Å². The first-order chi connectivity index (χ1) is 7.83. The van der Waals surface area contributed by atoms with E-state index >= 15 is 0 Å². The number of nitrogens with zero attached hydrogens (tertiary/aromatic N) is 3. The molecule has 0 aliphatic carbocycles. The van der Waals surface area contributed by atoms with Gasteiger partial charge in [-0.1, -0.05) is 21.1 Å². The summed E-state index contributed by atoms with van der Waals surface area (Å²) in [4.78, 5) is 4.01. The zero-order valence-corrected chi connectivity index (χ0v) is 9.89. The number of aromatic nitrogens is 3. The fourth-order valence-electron chi connectivity index (χ4n) is 1.72. The first-order valence-corrected chi connectivity index (χ1v) is 5.62. The predicted octanol–water partition coefficient (Wildman–Crippen LogP) is 2.84. The average Bonchev–Trinajstić information content (AvgIpc) is 2.89. The monoisotopic (exact) mass is 277 g/mol. The smallest absolute Gasteiger partial charge is 0.213 e. The maximum Gasteiger partial charge on any atom is 0.213 e. The van der Waals surface area contributed by atoms with E-state index in [0.29, 0.717) is 12.4 Å². The quantitative estimate of drug-likeness (QED) is 0.724. The molecule has 0 N–H and O–H groups in total. The van der Waals surface area contributed by atoms with E-state index < -0.39 is 0 Å². The number of rotatable bonds is 2. The molecule has 0 aliphatic heterocycles. The van der Waals surface area contributed by atoms with E-state index in [1.807, 2.05) is 12.3 Å². The van der Waals surface area contributed by atoms with Gasteiger partial charge < -0.3 is 9.09 Å². The van der Waals surface area contributed by atoms with Crippen molar-refractivity contribution in [2.24, 2.45) is 0 Å². The van der Waals surface area contributed by atoms with E-state index in [-0.39, 0.29) is 0 Å². The summed E-state index contributed by atoms with van der Waals surface area (Å²) in [6.45, 7) is 0.627. The number of halogens is 1. The number of hydrogen-bond acceptors (Lipinski definition) is 3. The topological polar surface area (TPSA) is 43.9 Å². The van der Waals surface area contributed by atoms with Gasteiger partial charge in [0.15, 0.2) is 5.82 Å². The molecule has 80 valence electrons. The number of benzene rings is 1. The lowest BCUT2D eigenvalue weighted by Crippen LogP contribution is -1.99. The highest BCUT2D eigenvalue weighted by Crippen LogP contribution is 2.21. The molecule has 0 atom stereocenters. The third-order valence-corrected chi connectivity index (χ3v) is 2.95. The van der Waals surface area contributed by atoms with Crippen molar-refractivity contribution < 1.29 is 4.52 Å². The van der Waals surface area contributed by atoms with E-state index in [9.17, 15) is 0 Å². The van der Waals surface area contributed by atoms with E-state index in [1.54, 1.807) is 0 Å². The Labute approximate surface area is 100 Å². The summed E-state index contributed by atoms with van der Waals surface area (Å²) in [6, 6.07) is 8.25. The largest absolute Gasteiger partial charge is 0.343 e. The second-order valence-electron chi connectivity index (χ2n) is 3.49. The summed E-state index contributed by atoms with van der Waals surface area (Å²) in [5.74, 6) is 0.681. The fourth-order valence-corrected chi connectivity index (χ4v) is 2.10. The molecule has 3 aromatic rings. The van der Waals surface area contributed by atoms with Crippen LogP contribution in [0.15, 0.2) is 45.9 Å². The highest BCUT2D eigenvalue weighted by atomic mass is 79.9. The van der Waals surface area contributed by atoms with Gasteiger partial charge in [-0.2, -0.15) is 4.98 Å². The van der Waals surface area contributed by atoms with Crippen molar-refractivity contribution in [1.29, 1.82) is 0 Å². The van der Waals surface area contributed by atoms with Gasteiger partial charge in [-0.25, -0.2) is 0 Å². The van der Waals surface area contributed by atoms with Crippen molar-refractivity contribution in [2.45, 2.75) is 6.54 Å². The zero-order chi connectivity index (χ0) is 11.0. The van der Waals surface area contributed by atoms with Crippen LogP contribution in [0.1, 0.15) is 5.82 Å². The molecule has 2 heterocycles. The first kappa shape index (κ1) is 9.59. The normalized spacial score (nSPS) is 11.1. The second-order valence-corrected chi connectivity index (χ2v) is 4.41. The van der Waals surface area contributed by atoms with E-state index in [0.717, 1.165) is 9.99 Å². The van der Waals surface area contributed by atoms with E-state index in [2.05, 4.69) is 48.8 Å². The van der Waals surface area contributed by atoms with Gasteiger partial charge in [0.1, 0.15) is 0 Å². The molecule has 0 spiro atoms. The summed E-state index contributed by atoms with van der Waals surface area (Å²) in [7, 11) is 0. The SMILES string of the molecule is Brc1ccc2c(ccn2Cc2ncon2)c1. The molecule has 0 aliphatic rings. The maximum atomic E-state index is 4.71. The van der Waals surface area contributed by atoms with Crippen LogP contribution in [-0.4, -0.2) is 14.7 Å². The van der Waals surface area contributed by atoms with Crippen LogP contribution in [0.25, 0.3) is 10.9 Å². The van der Waals surface area contributed by atoms with Crippen LogP contribution in [0.5, 0.6) is 0 Å². The van der Waals surface area contributed by atoms with Gasteiger partial charge in [-0.05, 0) is 24.3 Å². The van der Waals surface area contributed by atoms with Gasteiger partial charge in [-0.3, -0.25) is 0 Å². The number of hydrogen-bond donors (Lipinski definition) is 0. The molecule has 16 heavy (non-hydrogen) atoms. The predicted molar refractivity (Wildman–Crippen MR) is 63.0 cm³/mol. The van der Waals surface area contributed by atoms with Gasteiger partial charge in [0, 0.05) is 21.6 Å². The molecule has 3 rings (SSSR count). The standard InChI is InChI=1S/C11H8BrN3O/c12-9-1-2-10-8(5-9)3-4-15(10)6-11-13-7-16-14-11/h1-5,7H,6H2. The third kappa shape index (κ3) is 1.63. The van der Waals surface area contributed by atoms with Crippen LogP contribution in [0, 0.1) is 0 Å². The van der Waals surface area contributed by atoms with E-state index in [1.165, 1.54) is 11.8 Å². The van der Waals surface area contributed by atoms with Gasteiger partial charge in [-0.15, -0.1) is 0 Å².